The monoisotopic (exact) mass is 916 g/mol. The number of nitrogens with one attached hydrogen (secondary N) is 1. The van der Waals surface area contributed by atoms with Crippen molar-refractivity contribution < 1.29 is 24.5 Å². The number of carbonyl (C=O) groups is 2. The lowest BCUT2D eigenvalue weighted by atomic mass is 10.0. The van der Waals surface area contributed by atoms with Crippen molar-refractivity contribution in [1.29, 1.82) is 0 Å². The molecule has 2 atom stereocenters. The number of unbranched alkanes of at least 4 members (excludes halogenated alkanes) is 41. The number of aliphatic hydroxyl groups excluding tert-OH is 2. The second-order valence-corrected chi connectivity index (χ2v) is 20.0. The molecule has 6 heteroatoms. The molecule has 65 heavy (non-hydrogen) atoms. The Morgan fingerprint density at radius 3 is 1.09 bits per heavy atom. The Bertz CT molecular complexity index is 1010. The Balaban J connectivity index is 3.38. The van der Waals surface area contributed by atoms with E-state index in [-0.39, 0.29) is 18.5 Å². The highest BCUT2D eigenvalue weighted by molar-refractivity contribution is 5.76. The molecule has 384 valence electrons. The largest absolute Gasteiger partial charge is 0.466 e. The number of allylic oxidation sites excluding steroid dienone is 3. The smallest absolute Gasteiger partial charge is 0.305 e. The second-order valence-electron chi connectivity index (χ2n) is 20.0. The quantitative estimate of drug-likeness (QED) is 0.0321. The van der Waals surface area contributed by atoms with Crippen LogP contribution in [-0.2, 0) is 14.3 Å². The van der Waals surface area contributed by atoms with E-state index in [1.807, 2.05) is 6.08 Å². The van der Waals surface area contributed by atoms with Gasteiger partial charge in [-0.05, 0) is 57.8 Å². The number of amides is 1. The zero-order chi connectivity index (χ0) is 47.2. The molecule has 0 aromatic carbocycles. The summed E-state index contributed by atoms with van der Waals surface area (Å²) < 4.78 is 5.49. The van der Waals surface area contributed by atoms with Crippen LogP contribution in [0.3, 0.4) is 0 Å². The number of carbonyl (C=O) groups excluding carboxylic acids is 2. The average molecular weight is 917 g/mol. The molecule has 6 nitrogen and oxygen atoms in total. The van der Waals surface area contributed by atoms with Crippen molar-refractivity contribution in [2.45, 2.75) is 328 Å². The standard InChI is InChI=1S/C59H113NO5/c1-3-5-7-9-11-13-14-15-16-27-30-33-37-41-45-49-53-59(64)65-54-50-46-42-38-34-31-28-25-23-21-19-17-18-20-22-24-26-29-32-36-40-44-48-52-58(63)60-56(55-61)57(62)51-47-43-39-35-12-10-8-6-4-2/h20,22,47,51,56-57,61-62H,3-19,21,23-46,48-50,52-55H2,1-2H3,(H,60,63)/b22-20-,51-47+. The van der Waals surface area contributed by atoms with Crippen LogP contribution in [0.5, 0.6) is 0 Å². The number of hydrogen-bond donors (Lipinski definition) is 3. The Morgan fingerprint density at radius 2 is 0.723 bits per heavy atom. The van der Waals surface area contributed by atoms with E-state index in [1.165, 1.54) is 244 Å². The van der Waals surface area contributed by atoms with Crippen molar-refractivity contribution in [3.05, 3.63) is 24.3 Å². The first-order valence-electron chi connectivity index (χ1n) is 29.1. The molecule has 0 aliphatic rings. The fourth-order valence-electron chi connectivity index (χ4n) is 8.98. The van der Waals surface area contributed by atoms with E-state index in [9.17, 15) is 19.8 Å². The maximum atomic E-state index is 12.4. The van der Waals surface area contributed by atoms with Crippen molar-refractivity contribution in [2.24, 2.45) is 0 Å². The van der Waals surface area contributed by atoms with Gasteiger partial charge in [0.15, 0.2) is 0 Å². The minimum Gasteiger partial charge on any atom is -0.466 e. The van der Waals surface area contributed by atoms with Crippen LogP contribution in [-0.4, -0.2) is 47.4 Å². The highest BCUT2D eigenvalue weighted by Gasteiger charge is 2.18. The molecule has 0 aromatic rings. The summed E-state index contributed by atoms with van der Waals surface area (Å²) in [4.78, 5) is 24.4. The molecule has 0 aliphatic carbocycles. The van der Waals surface area contributed by atoms with E-state index < -0.39 is 12.1 Å². The third kappa shape index (κ3) is 51.6. The Labute approximate surface area is 405 Å². The van der Waals surface area contributed by atoms with Crippen LogP contribution >= 0.6 is 0 Å². The number of aliphatic hydroxyl groups is 2. The minimum atomic E-state index is -0.845. The summed E-state index contributed by atoms with van der Waals surface area (Å²) in [6, 6.07) is -0.630. The first-order valence-corrected chi connectivity index (χ1v) is 29.1. The molecular formula is C59H113NO5. The SMILES string of the molecule is CCCCCCCCC/C=C/C(O)C(CO)NC(=O)CCCCCCCCC/C=C\CCCCCCCCCCCCCCOC(=O)CCCCCCCCCCCCCCCCCC. The maximum absolute atomic E-state index is 12.4. The van der Waals surface area contributed by atoms with Crippen molar-refractivity contribution in [3.63, 3.8) is 0 Å². The zero-order valence-corrected chi connectivity index (χ0v) is 43.7. The van der Waals surface area contributed by atoms with E-state index >= 15 is 0 Å². The molecule has 0 heterocycles. The number of rotatable bonds is 54. The Morgan fingerprint density at radius 1 is 0.415 bits per heavy atom. The highest BCUT2D eigenvalue weighted by Crippen LogP contribution is 2.17. The molecule has 0 aromatic heterocycles. The van der Waals surface area contributed by atoms with E-state index in [2.05, 4.69) is 31.3 Å². The minimum absolute atomic E-state index is 0.0143. The van der Waals surface area contributed by atoms with Crippen LogP contribution in [0.25, 0.3) is 0 Å². The molecular weight excluding hydrogens is 803 g/mol. The van der Waals surface area contributed by atoms with Crippen LogP contribution in [0.15, 0.2) is 24.3 Å². The number of ether oxygens (including phenoxy) is 1. The van der Waals surface area contributed by atoms with Gasteiger partial charge < -0.3 is 20.3 Å². The van der Waals surface area contributed by atoms with E-state index in [4.69, 9.17) is 4.74 Å². The first kappa shape index (κ1) is 63.3. The molecule has 0 radical (unpaired) electrons. The highest BCUT2D eigenvalue weighted by atomic mass is 16.5. The Hall–Kier alpha value is -1.66. The van der Waals surface area contributed by atoms with Crippen LogP contribution < -0.4 is 5.32 Å². The topological polar surface area (TPSA) is 95.9 Å². The van der Waals surface area contributed by atoms with Crippen molar-refractivity contribution >= 4 is 11.9 Å². The maximum Gasteiger partial charge on any atom is 0.305 e. The van der Waals surface area contributed by atoms with Gasteiger partial charge in [-0.25, -0.2) is 0 Å². The lowest BCUT2D eigenvalue weighted by molar-refractivity contribution is -0.143. The van der Waals surface area contributed by atoms with Gasteiger partial charge in [0, 0.05) is 12.8 Å². The molecule has 0 rings (SSSR count). The van der Waals surface area contributed by atoms with Gasteiger partial charge >= 0.3 is 5.97 Å². The summed E-state index contributed by atoms with van der Waals surface area (Å²) in [5.74, 6) is -0.0623. The molecule has 2 unspecified atom stereocenters. The number of esters is 1. The van der Waals surface area contributed by atoms with Crippen molar-refractivity contribution in [2.75, 3.05) is 13.2 Å². The predicted molar refractivity (Wildman–Crippen MR) is 283 cm³/mol. The van der Waals surface area contributed by atoms with Crippen LogP contribution in [0.2, 0.25) is 0 Å². The lowest BCUT2D eigenvalue weighted by Crippen LogP contribution is -2.45. The fraction of sp³-hybridized carbons (Fsp3) is 0.898. The van der Waals surface area contributed by atoms with Gasteiger partial charge in [-0.2, -0.15) is 0 Å². The molecule has 0 fully saturated rings. The fourth-order valence-corrected chi connectivity index (χ4v) is 8.98. The van der Waals surface area contributed by atoms with Gasteiger partial charge in [0.25, 0.3) is 0 Å². The third-order valence-corrected chi connectivity index (χ3v) is 13.5. The molecule has 1 amide bonds. The number of hydrogen-bond acceptors (Lipinski definition) is 5. The van der Waals surface area contributed by atoms with E-state index in [0.717, 1.165) is 44.9 Å². The van der Waals surface area contributed by atoms with Gasteiger partial charge in [-0.15, -0.1) is 0 Å². The Kier molecular flexibility index (Phi) is 53.5. The summed E-state index contributed by atoms with van der Waals surface area (Å²) in [5, 5.41) is 22.9. The average Bonchev–Trinajstić information content (AvgIpc) is 3.31. The second kappa shape index (κ2) is 54.9. The normalized spacial score (nSPS) is 12.7. The van der Waals surface area contributed by atoms with Crippen molar-refractivity contribution in [3.8, 4) is 0 Å². The van der Waals surface area contributed by atoms with Crippen molar-refractivity contribution in [1.82, 2.24) is 5.32 Å². The molecule has 0 aliphatic heterocycles. The van der Waals surface area contributed by atoms with Gasteiger partial charge in [0.2, 0.25) is 5.91 Å². The van der Waals surface area contributed by atoms with E-state index in [1.54, 1.807) is 6.08 Å². The summed E-state index contributed by atoms with van der Waals surface area (Å²) in [6.45, 7) is 4.88. The molecule has 0 spiro atoms. The van der Waals surface area contributed by atoms with Gasteiger partial charge in [0.05, 0.1) is 25.4 Å². The van der Waals surface area contributed by atoms with Crippen LogP contribution in [0.1, 0.15) is 316 Å². The zero-order valence-electron chi connectivity index (χ0n) is 43.7. The molecule has 0 saturated heterocycles. The summed E-state index contributed by atoms with van der Waals surface area (Å²) >= 11 is 0. The van der Waals surface area contributed by atoms with Crippen LogP contribution in [0.4, 0.5) is 0 Å². The lowest BCUT2D eigenvalue weighted by Gasteiger charge is -2.20. The first-order chi connectivity index (χ1) is 32.0. The van der Waals surface area contributed by atoms with Crippen LogP contribution in [0, 0.1) is 0 Å². The molecule has 3 N–H and O–H groups in total. The predicted octanol–water partition coefficient (Wildman–Crippen LogP) is 17.9. The van der Waals surface area contributed by atoms with Gasteiger partial charge in [-0.3, -0.25) is 9.59 Å². The van der Waals surface area contributed by atoms with Gasteiger partial charge in [0.1, 0.15) is 0 Å². The van der Waals surface area contributed by atoms with Gasteiger partial charge in [-0.1, -0.05) is 269 Å². The summed E-state index contributed by atoms with van der Waals surface area (Å²) in [6.07, 6.45) is 66.5. The summed E-state index contributed by atoms with van der Waals surface area (Å²) in [5.41, 5.74) is 0. The third-order valence-electron chi connectivity index (χ3n) is 13.5. The molecule has 0 saturated carbocycles. The molecule has 0 bridgehead atoms. The van der Waals surface area contributed by atoms with E-state index in [0.29, 0.717) is 19.4 Å². The summed E-state index contributed by atoms with van der Waals surface area (Å²) in [7, 11) is 0.